The summed E-state index contributed by atoms with van der Waals surface area (Å²) in [5.41, 5.74) is -0.631. The number of Topliss-reactive ketones (excluding diaryl/α,β-unsaturated/α-hetero) is 1. The van der Waals surface area contributed by atoms with Crippen LogP contribution in [-0.2, 0) is 19.1 Å². The number of hydrogen-bond acceptors (Lipinski definition) is 5. The Morgan fingerprint density at radius 2 is 1.62 bits per heavy atom. The van der Waals surface area contributed by atoms with Gasteiger partial charge >= 0.3 is 12.1 Å². The van der Waals surface area contributed by atoms with Crippen LogP contribution in [0.15, 0.2) is 0 Å². The van der Waals surface area contributed by atoms with Crippen molar-refractivity contribution in [2.75, 3.05) is 7.11 Å². The molecule has 0 bridgehead atoms. The van der Waals surface area contributed by atoms with Crippen LogP contribution in [0.2, 0.25) is 0 Å². The van der Waals surface area contributed by atoms with Gasteiger partial charge in [-0.25, -0.2) is 4.79 Å². The van der Waals surface area contributed by atoms with Gasteiger partial charge in [0.25, 0.3) is 0 Å². The lowest BCUT2D eigenvalue weighted by molar-refractivity contribution is -0.146. The molecule has 0 fully saturated rings. The molecule has 0 aliphatic carbocycles. The number of ether oxygens (including phenoxy) is 2. The van der Waals surface area contributed by atoms with Crippen LogP contribution in [-0.4, -0.2) is 36.6 Å². The Bertz CT molecular complexity index is 384. The van der Waals surface area contributed by atoms with E-state index in [-0.39, 0.29) is 18.1 Å². The molecule has 0 spiro atoms. The van der Waals surface area contributed by atoms with Gasteiger partial charge in [-0.2, -0.15) is 0 Å². The minimum atomic E-state index is -0.688. The highest BCUT2D eigenvalue weighted by atomic mass is 16.6. The summed E-state index contributed by atoms with van der Waals surface area (Å²) in [7, 11) is 1.28. The van der Waals surface area contributed by atoms with Crippen LogP contribution in [0.5, 0.6) is 0 Å². The largest absolute Gasteiger partial charge is 0.469 e. The first kappa shape index (κ1) is 19.4. The smallest absolute Gasteiger partial charge is 0.408 e. The van der Waals surface area contributed by atoms with Crippen molar-refractivity contribution in [3.63, 3.8) is 0 Å². The summed E-state index contributed by atoms with van der Waals surface area (Å²) >= 11 is 0. The summed E-state index contributed by atoms with van der Waals surface area (Å²) in [6.07, 6.45) is -0.619. The summed E-state index contributed by atoms with van der Waals surface area (Å²) in [6.45, 7) is 10.5. The zero-order valence-corrected chi connectivity index (χ0v) is 14.0. The van der Waals surface area contributed by atoms with Crippen LogP contribution in [0.1, 0.15) is 48.0 Å². The monoisotopic (exact) mass is 301 g/mol. The second-order valence-corrected chi connectivity index (χ2v) is 6.46. The second-order valence-electron chi connectivity index (χ2n) is 6.46. The summed E-state index contributed by atoms with van der Waals surface area (Å²) in [5, 5.41) is 2.57. The summed E-state index contributed by atoms with van der Waals surface area (Å²) in [5.74, 6) is -1.30. The van der Waals surface area contributed by atoms with Crippen molar-refractivity contribution < 1.29 is 23.9 Å². The van der Waals surface area contributed by atoms with E-state index in [1.165, 1.54) is 7.11 Å². The Kier molecular flexibility index (Phi) is 7.39. The molecule has 0 heterocycles. The number of alkyl carbamates (subject to hydrolysis) is 1. The van der Waals surface area contributed by atoms with Crippen molar-refractivity contribution in [3.05, 3.63) is 0 Å². The molecule has 0 aromatic heterocycles. The van der Waals surface area contributed by atoms with Crippen molar-refractivity contribution in [1.82, 2.24) is 5.32 Å². The third-order valence-corrected chi connectivity index (χ3v) is 2.80. The van der Waals surface area contributed by atoms with Gasteiger partial charge < -0.3 is 14.8 Å². The Labute approximate surface area is 126 Å². The Morgan fingerprint density at radius 3 is 2.00 bits per heavy atom. The number of amides is 1. The number of carbonyl (C=O) groups excluding carboxylic acids is 3. The van der Waals surface area contributed by atoms with Crippen LogP contribution in [0.4, 0.5) is 4.79 Å². The zero-order valence-electron chi connectivity index (χ0n) is 14.0. The average molecular weight is 301 g/mol. The molecule has 6 nitrogen and oxygen atoms in total. The standard InChI is InChI=1S/C15H27NO5/c1-9(2)12(16-14(19)21-15(4,5)6)11(17)8-10(3)13(18)20-7/h9-10,12H,8H2,1-7H3,(H,16,19)/t10-,12+/m1/s1. The molecule has 6 heteroatoms. The molecular weight excluding hydrogens is 274 g/mol. The molecule has 122 valence electrons. The molecule has 0 radical (unpaired) electrons. The predicted octanol–water partition coefficient (Wildman–Crippen LogP) is 2.30. The van der Waals surface area contributed by atoms with Crippen LogP contribution in [0.3, 0.4) is 0 Å². The van der Waals surface area contributed by atoms with Gasteiger partial charge in [0.1, 0.15) is 5.60 Å². The SMILES string of the molecule is COC(=O)[C@H](C)CC(=O)[C@@H](NC(=O)OC(C)(C)C)C(C)C. The molecule has 0 rings (SSSR count). The van der Waals surface area contributed by atoms with Gasteiger partial charge in [0, 0.05) is 6.42 Å². The number of esters is 1. The number of hydrogen-bond donors (Lipinski definition) is 1. The van der Waals surface area contributed by atoms with E-state index in [9.17, 15) is 14.4 Å². The molecule has 0 unspecified atom stereocenters. The summed E-state index contributed by atoms with van der Waals surface area (Å²) < 4.78 is 9.75. The first-order valence-corrected chi connectivity index (χ1v) is 7.08. The van der Waals surface area contributed by atoms with E-state index >= 15 is 0 Å². The minimum absolute atomic E-state index is 0.0192. The summed E-state index contributed by atoms with van der Waals surface area (Å²) in [4.78, 5) is 35.4. The number of nitrogens with one attached hydrogen (secondary N) is 1. The van der Waals surface area contributed by atoms with Gasteiger partial charge in [0.2, 0.25) is 0 Å². The van der Waals surface area contributed by atoms with E-state index < -0.39 is 29.6 Å². The fraction of sp³-hybridized carbons (Fsp3) is 0.800. The Morgan fingerprint density at radius 1 is 1.10 bits per heavy atom. The van der Waals surface area contributed by atoms with Crippen molar-refractivity contribution in [3.8, 4) is 0 Å². The van der Waals surface area contributed by atoms with E-state index in [1.54, 1.807) is 27.7 Å². The molecule has 0 saturated carbocycles. The lowest BCUT2D eigenvalue weighted by Crippen LogP contribution is -2.47. The van der Waals surface area contributed by atoms with Crippen LogP contribution in [0.25, 0.3) is 0 Å². The molecule has 0 aromatic carbocycles. The first-order chi connectivity index (χ1) is 9.47. The Balaban J connectivity index is 4.72. The third kappa shape index (κ3) is 7.68. The Hall–Kier alpha value is -1.59. The maximum Gasteiger partial charge on any atom is 0.408 e. The summed E-state index contributed by atoms with van der Waals surface area (Å²) in [6, 6.07) is -0.688. The van der Waals surface area contributed by atoms with E-state index in [2.05, 4.69) is 10.1 Å². The zero-order chi connectivity index (χ0) is 16.8. The molecule has 0 aliphatic rings. The normalized spacial score (nSPS) is 14.3. The van der Waals surface area contributed by atoms with Gasteiger partial charge in [0.15, 0.2) is 5.78 Å². The van der Waals surface area contributed by atoms with Gasteiger partial charge in [0.05, 0.1) is 19.1 Å². The van der Waals surface area contributed by atoms with Crippen LogP contribution in [0, 0.1) is 11.8 Å². The van der Waals surface area contributed by atoms with Crippen molar-refractivity contribution in [1.29, 1.82) is 0 Å². The average Bonchev–Trinajstić information content (AvgIpc) is 2.31. The maximum atomic E-state index is 12.2. The molecule has 21 heavy (non-hydrogen) atoms. The van der Waals surface area contributed by atoms with Crippen molar-refractivity contribution >= 4 is 17.8 Å². The van der Waals surface area contributed by atoms with Gasteiger partial charge in [-0.15, -0.1) is 0 Å². The maximum absolute atomic E-state index is 12.2. The van der Waals surface area contributed by atoms with Gasteiger partial charge in [-0.05, 0) is 26.7 Å². The highest BCUT2D eigenvalue weighted by Gasteiger charge is 2.29. The van der Waals surface area contributed by atoms with Crippen LogP contribution < -0.4 is 5.32 Å². The molecule has 0 aromatic rings. The quantitative estimate of drug-likeness (QED) is 0.761. The van der Waals surface area contributed by atoms with Crippen LogP contribution >= 0.6 is 0 Å². The molecule has 1 amide bonds. The van der Waals surface area contributed by atoms with Crippen molar-refractivity contribution in [2.24, 2.45) is 11.8 Å². The lowest BCUT2D eigenvalue weighted by Gasteiger charge is -2.25. The molecule has 1 N–H and O–H groups in total. The molecule has 2 atom stereocenters. The fourth-order valence-corrected chi connectivity index (χ4v) is 1.77. The number of methoxy groups -OCH3 is 1. The van der Waals surface area contributed by atoms with E-state index in [0.717, 1.165) is 0 Å². The number of carbonyl (C=O) groups is 3. The van der Waals surface area contributed by atoms with Gasteiger partial charge in [-0.1, -0.05) is 20.8 Å². The van der Waals surface area contributed by atoms with E-state index in [4.69, 9.17) is 4.74 Å². The molecule has 0 saturated heterocycles. The highest BCUT2D eigenvalue weighted by molar-refractivity contribution is 5.90. The van der Waals surface area contributed by atoms with E-state index in [1.807, 2.05) is 13.8 Å². The fourth-order valence-electron chi connectivity index (χ4n) is 1.77. The minimum Gasteiger partial charge on any atom is -0.469 e. The topological polar surface area (TPSA) is 81.7 Å². The van der Waals surface area contributed by atoms with Gasteiger partial charge in [-0.3, -0.25) is 9.59 Å². The van der Waals surface area contributed by atoms with Crippen molar-refractivity contribution in [2.45, 2.75) is 59.6 Å². The lowest BCUT2D eigenvalue weighted by atomic mass is 9.93. The van der Waals surface area contributed by atoms with E-state index in [0.29, 0.717) is 0 Å². The molecular formula is C15H27NO5. The number of rotatable bonds is 6. The molecule has 0 aliphatic heterocycles. The third-order valence-electron chi connectivity index (χ3n) is 2.80. The number of ketones is 1. The predicted molar refractivity (Wildman–Crippen MR) is 78.8 cm³/mol. The first-order valence-electron chi connectivity index (χ1n) is 7.08. The second kappa shape index (κ2) is 8.00. The highest BCUT2D eigenvalue weighted by Crippen LogP contribution is 2.13.